The molecule has 0 amide bonds. The van der Waals surface area contributed by atoms with E-state index in [1.54, 1.807) is 6.26 Å². The lowest BCUT2D eigenvalue weighted by Crippen LogP contribution is -2.39. The van der Waals surface area contributed by atoms with E-state index in [1.165, 1.54) is 19.3 Å². The molecule has 2 rings (SSSR count). The maximum absolute atomic E-state index is 5.47. The van der Waals surface area contributed by atoms with E-state index in [-0.39, 0.29) is 0 Å². The summed E-state index contributed by atoms with van der Waals surface area (Å²) >= 11 is 0. The van der Waals surface area contributed by atoms with Crippen LogP contribution in [0.2, 0.25) is 0 Å². The second-order valence-electron chi connectivity index (χ2n) is 5.02. The van der Waals surface area contributed by atoms with Crippen LogP contribution in [-0.4, -0.2) is 12.6 Å². The predicted molar refractivity (Wildman–Crippen MR) is 66.4 cm³/mol. The minimum atomic E-state index is 0.591. The third-order valence-electron chi connectivity index (χ3n) is 3.91. The molecule has 0 aromatic carbocycles. The van der Waals surface area contributed by atoms with Crippen molar-refractivity contribution in [3.63, 3.8) is 0 Å². The Morgan fingerprint density at radius 1 is 1.50 bits per heavy atom. The Balaban J connectivity index is 1.99. The molecule has 1 aliphatic carbocycles. The van der Waals surface area contributed by atoms with E-state index in [1.807, 2.05) is 6.07 Å². The van der Waals surface area contributed by atoms with Gasteiger partial charge in [0, 0.05) is 12.5 Å². The van der Waals surface area contributed by atoms with Gasteiger partial charge in [0.2, 0.25) is 0 Å². The summed E-state index contributed by atoms with van der Waals surface area (Å²) in [4.78, 5) is 0. The van der Waals surface area contributed by atoms with Crippen LogP contribution in [0.1, 0.15) is 38.9 Å². The van der Waals surface area contributed by atoms with Crippen LogP contribution in [0.15, 0.2) is 22.8 Å². The predicted octanol–water partition coefficient (Wildman–Crippen LogP) is 3.24. The van der Waals surface area contributed by atoms with Gasteiger partial charge in [-0.05, 0) is 36.9 Å². The molecule has 90 valence electrons. The highest BCUT2D eigenvalue weighted by Gasteiger charge is 2.30. The van der Waals surface area contributed by atoms with Crippen molar-refractivity contribution in [3.8, 4) is 0 Å². The smallest absolute Gasteiger partial charge is 0.105 e. The Labute approximate surface area is 98.4 Å². The first-order chi connectivity index (χ1) is 7.81. The lowest BCUT2D eigenvalue weighted by Gasteiger charge is -2.27. The number of nitrogens with one attached hydrogen (secondary N) is 1. The molecule has 0 aliphatic heterocycles. The fourth-order valence-corrected chi connectivity index (χ4v) is 3.05. The van der Waals surface area contributed by atoms with E-state index in [9.17, 15) is 0 Å². The molecule has 0 bridgehead atoms. The molecule has 0 radical (unpaired) electrons. The molecule has 1 aromatic heterocycles. The van der Waals surface area contributed by atoms with Crippen LogP contribution in [0.5, 0.6) is 0 Å². The van der Waals surface area contributed by atoms with Crippen molar-refractivity contribution < 1.29 is 4.42 Å². The standard InChI is InChI=1S/C14H23NO/c1-3-15-14(10-12-7-5-9-16-12)13-8-4-6-11(13)2/h5,7,9,11,13-15H,3-4,6,8,10H2,1-2H3. The van der Waals surface area contributed by atoms with E-state index in [2.05, 4.69) is 25.2 Å². The normalized spacial score (nSPS) is 27.1. The van der Waals surface area contributed by atoms with Gasteiger partial charge in [-0.25, -0.2) is 0 Å². The van der Waals surface area contributed by atoms with Crippen LogP contribution in [0.25, 0.3) is 0 Å². The first-order valence-electron chi connectivity index (χ1n) is 6.57. The molecule has 0 spiro atoms. The first kappa shape index (κ1) is 11.7. The van der Waals surface area contributed by atoms with Crippen molar-refractivity contribution in [2.75, 3.05) is 6.54 Å². The topological polar surface area (TPSA) is 25.2 Å². The molecule has 0 saturated heterocycles. The summed E-state index contributed by atoms with van der Waals surface area (Å²) in [6.07, 6.45) is 6.97. The third-order valence-corrected chi connectivity index (χ3v) is 3.91. The Morgan fingerprint density at radius 2 is 2.38 bits per heavy atom. The lowest BCUT2D eigenvalue weighted by molar-refractivity contribution is 0.286. The van der Waals surface area contributed by atoms with Crippen molar-refractivity contribution in [1.82, 2.24) is 5.32 Å². The van der Waals surface area contributed by atoms with Crippen molar-refractivity contribution in [3.05, 3.63) is 24.2 Å². The molecule has 1 N–H and O–H groups in total. The highest BCUT2D eigenvalue weighted by atomic mass is 16.3. The summed E-state index contributed by atoms with van der Waals surface area (Å²) in [6, 6.07) is 4.66. The van der Waals surface area contributed by atoms with Gasteiger partial charge in [-0.1, -0.05) is 26.7 Å². The maximum atomic E-state index is 5.47. The second-order valence-corrected chi connectivity index (χ2v) is 5.02. The molecule has 2 nitrogen and oxygen atoms in total. The summed E-state index contributed by atoms with van der Waals surface area (Å²) in [7, 11) is 0. The zero-order valence-corrected chi connectivity index (χ0v) is 10.4. The van der Waals surface area contributed by atoms with Gasteiger partial charge in [0.15, 0.2) is 0 Å². The van der Waals surface area contributed by atoms with Gasteiger partial charge in [0.05, 0.1) is 6.26 Å². The van der Waals surface area contributed by atoms with Crippen LogP contribution in [0.4, 0.5) is 0 Å². The summed E-state index contributed by atoms with van der Waals surface area (Å²) in [5.41, 5.74) is 0. The molecular weight excluding hydrogens is 198 g/mol. The molecule has 1 heterocycles. The van der Waals surface area contributed by atoms with Crippen LogP contribution in [0.3, 0.4) is 0 Å². The molecule has 1 saturated carbocycles. The summed E-state index contributed by atoms with van der Waals surface area (Å²) in [6.45, 7) is 5.63. The van der Waals surface area contributed by atoms with Crippen molar-refractivity contribution in [2.24, 2.45) is 11.8 Å². The van der Waals surface area contributed by atoms with Gasteiger partial charge in [-0.3, -0.25) is 0 Å². The molecule has 1 fully saturated rings. The molecule has 1 aliphatic rings. The van der Waals surface area contributed by atoms with E-state index < -0.39 is 0 Å². The van der Waals surface area contributed by atoms with Gasteiger partial charge in [-0.15, -0.1) is 0 Å². The van der Waals surface area contributed by atoms with E-state index in [0.717, 1.165) is 30.6 Å². The SMILES string of the molecule is CCNC(Cc1ccco1)C1CCCC1C. The molecule has 2 heteroatoms. The van der Waals surface area contributed by atoms with E-state index in [0.29, 0.717) is 6.04 Å². The number of likely N-dealkylation sites (N-methyl/N-ethyl adjacent to an activating group) is 1. The quantitative estimate of drug-likeness (QED) is 0.825. The van der Waals surface area contributed by atoms with Crippen molar-refractivity contribution in [1.29, 1.82) is 0 Å². The number of hydrogen-bond acceptors (Lipinski definition) is 2. The Morgan fingerprint density at radius 3 is 2.94 bits per heavy atom. The first-order valence-corrected chi connectivity index (χ1v) is 6.57. The van der Waals surface area contributed by atoms with Crippen LogP contribution in [0, 0.1) is 11.8 Å². The van der Waals surface area contributed by atoms with Gasteiger partial charge < -0.3 is 9.73 Å². The Bertz CT molecular complexity index is 294. The van der Waals surface area contributed by atoms with E-state index >= 15 is 0 Å². The molecule has 16 heavy (non-hydrogen) atoms. The molecule has 3 atom stereocenters. The van der Waals surface area contributed by atoms with Gasteiger partial charge in [-0.2, -0.15) is 0 Å². The number of hydrogen-bond donors (Lipinski definition) is 1. The minimum absolute atomic E-state index is 0.591. The summed E-state index contributed by atoms with van der Waals surface area (Å²) < 4.78 is 5.47. The van der Waals surface area contributed by atoms with Crippen LogP contribution in [-0.2, 0) is 6.42 Å². The van der Waals surface area contributed by atoms with Crippen molar-refractivity contribution in [2.45, 2.75) is 45.6 Å². The lowest BCUT2D eigenvalue weighted by atomic mass is 9.87. The van der Waals surface area contributed by atoms with Crippen LogP contribution >= 0.6 is 0 Å². The number of rotatable bonds is 5. The Hall–Kier alpha value is -0.760. The Kier molecular flexibility index (Phi) is 4.05. The highest BCUT2D eigenvalue weighted by molar-refractivity contribution is 5.02. The number of furan rings is 1. The van der Waals surface area contributed by atoms with Crippen molar-refractivity contribution >= 4 is 0 Å². The average Bonchev–Trinajstić information content (AvgIpc) is 2.88. The largest absolute Gasteiger partial charge is 0.469 e. The average molecular weight is 221 g/mol. The fourth-order valence-electron chi connectivity index (χ4n) is 3.05. The van der Waals surface area contributed by atoms with Gasteiger partial charge in [0.1, 0.15) is 5.76 Å². The highest BCUT2D eigenvalue weighted by Crippen LogP contribution is 2.34. The maximum Gasteiger partial charge on any atom is 0.105 e. The zero-order valence-electron chi connectivity index (χ0n) is 10.4. The molecule has 3 unspecified atom stereocenters. The van der Waals surface area contributed by atoms with Gasteiger partial charge in [0.25, 0.3) is 0 Å². The minimum Gasteiger partial charge on any atom is -0.469 e. The second kappa shape index (κ2) is 5.53. The summed E-state index contributed by atoms with van der Waals surface area (Å²) in [5.74, 6) is 2.80. The third kappa shape index (κ3) is 2.67. The van der Waals surface area contributed by atoms with Gasteiger partial charge >= 0.3 is 0 Å². The van der Waals surface area contributed by atoms with Crippen LogP contribution < -0.4 is 5.32 Å². The summed E-state index contributed by atoms with van der Waals surface area (Å²) in [5, 5.41) is 3.63. The fraction of sp³-hybridized carbons (Fsp3) is 0.714. The molecular formula is C14H23NO. The zero-order chi connectivity index (χ0) is 11.4. The van der Waals surface area contributed by atoms with E-state index in [4.69, 9.17) is 4.42 Å². The molecule has 1 aromatic rings. The monoisotopic (exact) mass is 221 g/mol.